The number of carbonyl (C=O) groups is 1. The van der Waals surface area contributed by atoms with Gasteiger partial charge < -0.3 is 9.47 Å². The van der Waals surface area contributed by atoms with Crippen LogP contribution in [0.5, 0.6) is 11.5 Å². The molecule has 0 spiro atoms. The fourth-order valence-corrected chi connectivity index (χ4v) is 5.02. The molecule has 0 saturated heterocycles. The summed E-state index contributed by atoms with van der Waals surface area (Å²) in [4.78, 5) is 17.2. The molecule has 0 aliphatic heterocycles. The maximum atomic E-state index is 12.6. The van der Waals surface area contributed by atoms with Gasteiger partial charge in [0.25, 0.3) is 0 Å². The first-order valence-corrected chi connectivity index (χ1v) is 16.2. The van der Waals surface area contributed by atoms with E-state index in [1.165, 1.54) is 95.5 Å². The molecule has 3 rings (SSSR count). The second-order valence-electron chi connectivity index (χ2n) is 11.2. The number of aryl methyl sites for hydroxylation is 1. The van der Waals surface area contributed by atoms with Crippen LogP contribution in [0.25, 0.3) is 11.3 Å². The Bertz CT molecular complexity index is 1090. The Kier molecular flexibility index (Phi) is 15.7. The Morgan fingerprint density at radius 3 is 1.76 bits per heavy atom. The van der Waals surface area contributed by atoms with Crippen LogP contribution in [-0.4, -0.2) is 17.6 Å². The number of esters is 1. The molecule has 0 atom stereocenters. The lowest BCUT2D eigenvalue weighted by Crippen LogP contribution is -2.08. The lowest BCUT2D eigenvalue weighted by molar-refractivity contribution is 0.0734. The summed E-state index contributed by atoms with van der Waals surface area (Å²) >= 11 is 0. The van der Waals surface area contributed by atoms with E-state index in [1.54, 1.807) is 12.3 Å². The van der Waals surface area contributed by atoms with Crippen molar-refractivity contribution in [3.8, 4) is 22.8 Å². The highest BCUT2D eigenvalue weighted by Gasteiger charge is 2.10. The van der Waals surface area contributed by atoms with Gasteiger partial charge in [-0.1, -0.05) is 109 Å². The number of aromatic nitrogens is 1. The average molecular weight is 558 g/mol. The molecule has 0 radical (unpaired) electrons. The summed E-state index contributed by atoms with van der Waals surface area (Å²) in [6.07, 6.45) is 22.2. The van der Waals surface area contributed by atoms with Crippen molar-refractivity contribution in [1.29, 1.82) is 0 Å². The van der Waals surface area contributed by atoms with Gasteiger partial charge >= 0.3 is 5.97 Å². The number of ether oxygens (including phenoxy) is 2. The van der Waals surface area contributed by atoms with Gasteiger partial charge in [0.1, 0.15) is 11.5 Å². The van der Waals surface area contributed by atoms with Crippen molar-refractivity contribution in [2.75, 3.05) is 6.61 Å². The fraction of sp³-hybridized carbons (Fsp3) is 0.514. The fourth-order valence-electron chi connectivity index (χ4n) is 5.02. The predicted octanol–water partition coefficient (Wildman–Crippen LogP) is 10.8. The second-order valence-corrected chi connectivity index (χ2v) is 11.2. The van der Waals surface area contributed by atoms with E-state index < -0.39 is 0 Å². The largest absolute Gasteiger partial charge is 0.494 e. The summed E-state index contributed by atoms with van der Waals surface area (Å²) in [5, 5.41) is 0. The van der Waals surface area contributed by atoms with Gasteiger partial charge in [0.2, 0.25) is 0 Å². The summed E-state index contributed by atoms with van der Waals surface area (Å²) in [6, 6.07) is 19.5. The quantitative estimate of drug-likeness (QED) is 0.0965. The Labute approximate surface area is 248 Å². The Hall–Kier alpha value is -3.14. The highest BCUT2D eigenvalue weighted by molar-refractivity contribution is 5.91. The topological polar surface area (TPSA) is 48.4 Å². The van der Waals surface area contributed by atoms with Gasteiger partial charge in [-0.05, 0) is 73.4 Å². The molecule has 0 amide bonds. The van der Waals surface area contributed by atoms with Gasteiger partial charge in [0, 0.05) is 5.56 Å². The number of hydrogen-bond donors (Lipinski definition) is 0. The first-order valence-electron chi connectivity index (χ1n) is 16.2. The Morgan fingerprint density at radius 2 is 1.17 bits per heavy atom. The SMILES string of the molecule is CCCCCCCCCCc1ccc(C(=O)Oc2ccc(-c3ccc(OCCCCCCCCC)cc3)nc2)cc1. The minimum absolute atomic E-state index is 0.361. The molecule has 3 aromatic rings. The van der Waals surface area contributed by atoms with E-state index in [0.717, 1.165) is 36.5 Å². The monoisotopic (exact) mass is 557 g/mol. The second kappa shape index (κ2) is 19.9. The smallest absolute Gasteiger partial charge is 0.343 e. The first-order chi connectivity index (χ1) is 20.2. The molecular formula is C37H51NO3. The summed E-state index contributed by atoms with van der Waals surface area (Å²) in [7, 11) is 0. The van der Waals surface area contributed by atoms with E-state index >= 15 is 0 Å². The van der Waals surface area contributed by atoms with Crippen molar-refractivity contribution in [2.45, 2.75) is 117 Å². The van der Waals surface area contributed by atoms with Gasteiger partial charge in [-0.25, -0.2) is 4.79 Å². The van der Waals surface area contributed by atoms with Gasteiger partial charge in [-0.15, -0.1) is 0 Å². The van der Waals surface area contributed by atoms with Crippen LogP contribution >= 0.6 is 0 Å². The molecule has 222 valence electrons. The minimum atomic E-state index is -0.361. The zero-order valence-electron chi connectivity index (χ0n) is 25.5. The summed E-state index contributed by atoms with van der Waals surface area (Å²) in [5.41, 5.74) is 3.65. The zero-order valence-corrected chi connectivity index (χ0v) is 25.5. The molecule has 1 heterocycles. The van der Waals surface area contributed by atoms with E-state index in [0.29, 0.717) is 11.3 Å². The van der Waals surface area contributed by atoms with Crippen molar-refractivity contribution in [2.24, 2.45) is 0 Å². The molecule has 2 aromatic carbocycles. The van der Waals surface area contributed by atoms with Crippen LogP contribution in [0.4, 0.5) is 0 Å². The van der Waals surface area contributed by atoms with Crippen molar-refractivity contribution >= 4 is 5.97 Å². The van der Waals surface area contributed by atoms with E-state index in [1.807, 2.05) is 54.6 Å². The molecule has 0 N–H and O–H groups in total. The summed E-state index contributed by atoms with van der Waals surface area (Å²) < 4.78 is 11.5. The van der Waals surface area contributed by atoms with Crippen LogP contribution in [0, 0.1) is 0 Å². The standard InChI is InChI=1S/C37H51NO3/c1-3-5-7-9-11-12-14-16-18-31-19-21-33(22-20-31)37(39)41-35-27-28-36(38-30-35)32-23-25-34(26-24-32)40-29-17-15-13-10-8-6-4-2/h19-28,30H,3-18,29H2,1-2H3. The molecule has 0 unspecified atom stereocenters. The van der Waals surface area contributed by atoms with Crippen LogP contribution in [0.2, 0.25) is 0 Å². The number of nitrogens with zero attached hydrogens (tertiary/aromatic N) is 1. The maximum absolute atomic E-state index is 12.6. The lowest BCUT2D eigenvalue weighted by Gasteiger charge is -2.08. The molecule has 41 heavy (non-hydrogen) atoms. The first kappa shape index (κ1) is 32.4. The molecule has 0 saturated carbocycles. The normalized spacial score (nSPS) is 11.0. The summed E-state index contributed by atoms with van der Waals surface area (Å²) in [6.45, 7) is 5.27. The zero-order chi connectivity index (χ0) is 29.0. The number of unbranched alkanes of at least 4 members (excludes halogenated alkanes) is 13. The van der Waals surface area contributed by atoms with Crippen molar-refractivity contribution in [3.05, 3.63) is 78.0 Å². The van der Waals surface area contributed by atoms with Crippen molar-refractivity contribution in [3.63, 3.8) is 0 Å². The van der Waals surface area contributed by atoms with E-state index in [4.69, 9.17) is 9.47 Å². The van der Waals surface area contributed by atoms with Gasteiger partial charge in [0.15, 0.2) is 0 Å². The third-order valence-corrected chi connectivity index (χ3v) is 7.62. The number of carbonyl (C=O) groups excluding carboxylic acids is 1. The van der Waals surface area contributed by atoms with Gasteiger partial charge in [0.05, 0.1) is 24.1 Å². The number of hydrogen-bond acceptors (Lipinski definition) is 4. The molecule has 4 nitrogen and oxygen atoms in total. The molecular weight excluding hydrogens is 506 g/mol. The number of rotatable bonds is 21. The van der Waals surface area contributed by atoms with Crippen molar-refractivity contribution < 1.29 is 14.3 Å². The van der Waals surface area contributed by atoms with Crippen LogP contribution in [0.15, 0.2) is 66.9 Å². The molecule has 0 bridgehead atoms. The molecule has 4 heteroatoms. The van der Waals surface area contributed by atoms with Gasteiger partial charge in [-0.3, -0.25) is 4.98 Å². The molecule has 0 fully saturated rings. The van der Waals surface area contributed by atoms with Crippen molar-refractivity contribution in [1.82, 2.24) is 4.98 Å². The average Bonchev–Trinajstić information content (AvgIpc) is 3.01. The van der Waals surface area contributed by atoms with E-state index in [-0.39, 0.29) is 5.97 Å². The predicted molar refractivity (Wildman–Crippen MR) is 171 cm³/mol. The maximum Gasteiger partial charge on any atom is 0.343 e. The third-order valence-electron chi connectivity index (χ3n) is 7.62. The Balaban J connectivity index is 1.36. The number of benzene rings is 2. The lowest BCUT2D eigenvalue weighted by atomic mass is 10.0. The van der Waals surface area contributed by atoms with Crippen LogP contribution in [0.3, 0.4) is 0 Å². The highest BCUT2D eigenvalue weighted by Crippen LogP contribution is 2.23. The summed E-state index contributed by atoms with van der Waals surface area (Å²) in [5.74, 6) is 0.964. The molecule has 0 aliphatic carbocycles. The van der Waals surface area contributed by atoms with Crippen LogP contribution in [0.1, 0.15) is 126 Å². The van der Waals surface area contributed by atoms with E-state index in [2.05, 4.69) is 18.8 Å². The minimum Gasteiger partial charge on any atom is -0.494 e. The highest BCUT2D eigenvalue weighted by atomic mass is 16.5. The van der Waals surface area contributed by atoms with Gasteiger partial charge in [-0.2, -0.15) is 0 Å². The molecule has 0 aliphatic rings. The molecule has 1 aromatic heterocycles. The number of pyridine rings is 1. The Morgan fingerprint density at radius 1 is 0.610 bits per heavy atom. The van der Waals surface area contributed by atoms with Crippen LogP contribution < -0.4 is 9.47 Å². The van der Waals surface area contributed by atoms with E-state index in [9.17, 15) is 4.79 Å². The third kappa shape index (κ3) is 12.9. The van der Waals surface area contributed by atoms with Crippen LogP contribution in [-0.2, 0) is 6.42 Å².